The predicted octanol–water partition coefficient (Wildman–Crippen LogP) is 1.60. The van der Waals surface area contributed by atoms with E-state index in [9.17, 15) is 9.18 Å². The van der Waals surface area contributed by atoms with E-state index in [1.54, 1.807) is 31.2 Å². The molecule has 2 N–H and O–H groups in total. The summed E-state index contributed by atoms with van der Waals surface area (Å²) in [5.41, 5.74) is 5.04. The van der Waals surface area contributed by atoms with E-state index in [1.807, 2.05) is 0 Å². The third-order valence-corrected chi connectivity index (χ3v) is 3.29. The van der Waals surface area contributed by atoms with Gasteiger partial charge in [-0.05, 0) is 25.1 Å². The lowest BCUT2D eigenvalue weighted by molar-refractivity contribution is -0.128. The molecule has 1 aromatic rings. The van der Waals surface area contributed by atoms with Crippen molar-refractivity contribution in [1.29, 1.82) is 0 Å². The molecule has 0 fully saturated rings. The van der Waals surface area contributed by atoms with Crippen LogP contribution in [-0.4, -0.2) is 18.0 Å². The summed E-state index contributed by atoms with van der Waals surface area (Å²) in [5, 5.41) is 0. The Kier molecular flexibility index (Phi) is 3.48. The lowest BCUT2D eigenvalue weighted by atomic mass is 9.80. The van der Waals surface area contributed by atoms with Crippen LogP contribution in [0.5, 0.6) is 0 Å². The molecule has 0 spiro atoms. The van der Waals surface area contributed by atoms with Gasteiger partial charge in [0.05, 0.1) is 17.3 Å². The fraction of sp³-hybridized carbons (Fsp3) is 0.286. The molecule has 2 atom stereocenters. The standard InChI is InChI=1S/C14H15FN2O2/c1-9-11(15)6-7-12(17-9)14(19-2)8-4-3-5-10(14)13(16)18/h3-8,10H,1-2H3,(H2,16,18). The topological polar surface area (TPSA) is 65.2 Å². The van der Waals surface area contributed by atoms with Crippen molar-refractivity contribution in [2.45, 2.75) is 12.5 Å². The monoisotopic (exact) mass is 262 g/mol. The van der Waals surface area contributed by atoms with Gasteiger partial charge < -0.3 is 10.5 Å². The van der Waals surface area contributed by atoms with Crippen LogP contribution >= 0.6 is 0 Å². The second kappa shape index (κ2) is 4.93. The number of nitrogens with zero attached hydrogens (tertiary/aromatic N) is 1. The number of primary amides is 1. The summed E-state index contributed by atoms with van der Waals surface area (Å²) in [4.78, 5) is 15.8. The van der Waals surface area contributed by atoms with E-state index >= 15 is 0 Å². The number of nitrogens with two attached hydrogens (primary N) is 1. The zero-order valence-corrected chi connectivity index (χ0v) is 10.8. The highest BCUT2D eigenvalue weighted by Gasteiger charge is 2.43. The largest absolute Gasteiger partial charge is 0.369 e. The summed E-state index contributed by atoms with van der Waals surface area (Å²) in [6.07, 6.45) is 6.85. The van der Waals surface area contributed by atoms with E-state index in [1.165, 1.54) is 19.2 Å². The molecule has 0 bridgehead atoms. The maximum absolute atomic E-state index is 13.3. The lowest BCUT2D eigenvalue weighted by Gasteiger charge is -2.35. The zero-order chi connectivity index (χ0) is 14.0. The van der Waals surface area contributed by atoms with Gasteiger partial charge in [0.25, 0.3) is 0 Å². The highest BCUT2D eigenvalue weighted by atomic mass is 19.1. The van der Waals surface area contributed by atoms with E-state index in [-0.39, 0.29) is 5.69 Å². The Morgan fingerprint density at radius 2 is 2.21 bits per heavy atom. The first-order valence-corrected chi connectivity index (χ1v) is 5.85. The maximum atomic E-state index is 13.3. The Morgan fingerprint density at radius 1 is 1.47 bits per heavy atom. The fourth-order valence-electron chi connectivity index (χ4n) is 2.23. The molecule has 19 heavy (non-hydrogen) atoms. The van der Waals surface area contributed by atoms with E-state index in [0.717, 1.165) is 0 Å². The van der Waals surface area contributed by atoms with Crippen molar-refractivity contribution in [2.75, 3.05) is 7.11 Å². The van der Waals surface area contributed by atoms with Gasteiger partial charge in [0.2, 0.25) is 5.91 Å². The second-order valence-electron chi connectivity index (χ2n) is 4.39. The number of rotatable bonds is 3. The summed E-state index contributed by atoms with van der Waals surface area (Å²) in [7, 11) is 1.47. The average molecular weight is 262 g/mol. The summed E-state index contributed by atoms with van der Waals surface area (Å²) < 4.78 is 18.8. The number of hydrogen-bond donors (Lipinski definition) is 1. The Balaban J connectivity index is 2.57. The zero-order valence-electron chi connectivity index (χ0n) is 10.8. The van der Waals surface area contributed by atoms with Crippen LogP contribution in [-0.2, 0) is 15.1 Å². The van der Waals surface area contributed by atoms with Crippen molar-refractivity contribution in [1.82, 2.24) is 4.98 Å². The van der Waals surface area contributed by atoms with Crippen LogP contribution in [0, 0.1) is 18.7 Å². The molecule has 5 heteroatoms. The second-order valence-corrected chi connectivity index (χ2v) is 4.39. The Labute approximate surface area is 110 Å². The Hall–Kier alpha value is -2.01. The number of methoxy groups -OCH3 is 1. The van der Waals surface area contributed by atoms with Crippen LogP contribution in [0.15, 0.2) is 36.4 Å². The van der Waals surface area contributed by atoms with E-state index in [4.69, 9.17) is 10.5 Å². The molecule has 1 aliphatic carbocycles. The van der Waals surface area contributed by atoms with Crippen LogP contribution in [0.3, 0.4) is 0 Å². The minimum atomic E-state index is -1.08. The molecule has 0 radical (unpaired) electrons. The molecule has 0 saturated heterocycles. The third kappa shape index (κ3) is 2.17. The fourth-order valence-corrected chi connectivity index (χ4v) is 2.23. The number of allylic oxidation sites excluding steroid dienone is 2. The number of carbonyl (C=O) groups is 1. The van der Waals surface area contributed by atoms with Gasteiger partial charge in [-0.3, -0.25) is 9.78 Å². The van der Waals surface area contributed by atoms with Crippen molar-refractivity contribution in [3.8, 4) is 0 Å². The molecule has 2 rings (SSSR count). The average Bonchev–Trinajstić information content (AvgIpc) is 2.41. The van der Waals surface area contributed by atoms with Gasteiger partial charge in [-0.1, -0.05) is 18.2 Å². The molecule has 2 unspecified atom stereocenters. The first kappa shape index (κ1) is 13.4. The number of carbonyl (C=O) groups excluding carboxylic acids is 1. The summed E-state index contributed by atoms with van der Waals surface area (Å²) in [6.45, 7) is 1.56. The summed E-state index contributed by atoms with van der Waals surface area (Å²) in [6, 6.07) is 2.81. The molecule has 0 aliphatic heterocycles. The van der Waals surface area contributed by atoms with Crippen molar-refractivity contribution < 1.29 is 13.9 Å². The minimum Gasteiger partial charge on any atom is -0.369 e. The van der Waals surface area contributed by atoms with Crippen molar-refractivity contribution in [2.24, 2.45) is 11.7 Å². The molecule has 1 aliphatic rings. The predicted molar refractivity (Wildman–Crippen MR) is 68.6 cm³/mol. The van der Waals surface area contributed by atoms with Gasteiger partial charge in [0.15, 0.2) is 0 Å². The number of amides is 1. The van der Waals surface area contributed by atoms with Gasteiger partial charge in [-0.15, -0.1) is 0 Å². The number of aromatic nitrogens is 1. The van der Waals surface area contributed by atoms with Crippen LogP contribution in [0.2, 0.25) is 0 Å². The SMILES string of the molecule is COC1(c2ccc(F)c(C)n2)C=CC=CC1C(N)=O. The highest BCUT2D eigenvalue weighted by Crippen LogP contribution is 2.37. The molecular weight excluding hydrogens is 247 g/mol. The molecule has 1 heterocycles. The molecule has 100 valence electrons. The van der Waals surface area contributed by atoms with Crippen LogP contribution in [0.4, 0.5) is 4.39 Å². The van der Waals surface area contributed by atoms with Crippen LogP contribution in [0.1, 0.15) is 11.4 Å². The summed E-state index contributed by atoms with van der Waals surface area (Å²) in [5.74, 6) is -1.60. The molecule has 0 saturated carbocycles. The smallest absolute Gasteiger partial charge is 0.228 e. The Morgan fingerprint density at radius 3 is 2.79 bits per heavy atom. The maximum Gasteiger partial charge on any atom is 0.228 e. The first-order valence-electron chi connectivity index (χ1n) is 5.85. The Bertz CT molecular complexity index is 569. The molecule has 1 amide bonds. The number of halogens is 1. The minimum absolute atomic E-state index is 0.250. The first-order chi connectivity index (χ1) is 9.01. The quantitative estimate of drug-likeness (QED) is 0.899. The normalized spacial score (nSPS) is 25.5. The molecular formula is C14H15FN2O2. The number of aryl methyl sites for hydroxylation is 1. The highest BCUT2D eigenvalue weighted by molar-refractivity contribution is 5.81. The van der Waals surface area contributed by atoms with E-state index in [0.29, 0.717) is 5.69 Å². The molecule has 0 aromatic carbocycles. The van der Waals surface area contributed by atoms with E-state index in [2.05, 4.69) is 4.98 Å². The molecule has 1 aromatic heterocycles. The van der Waals surface area contributed by atoms with Gasteiger partial charge in [0.1, 0.15) is 11.4 Å². The van der Waals surface area contributed by atoms with Crippen LogP contribution in [0.25, 0.3) is 0 Å². The number of ether oxygens (including phenoxy) is 1. The summed E-state index contributed by atoms with van der Waals surface area (Å²) >= 11 is 0. The lowest BCUT2D eigenvalue weighted by Crippen LogP contribution is -2.43. The van der Waals surface area contributed by atoms with Gasteiger partial charge in [-0.25, -0.2) is 4.39 Å². The van der Waals surface area contributed by atoms with Gasteiger partial charge in [0, 0.05) is 7.11 Å². The van der Waals surface area contributed by atoms with Gasteiger partial charge >= 0.3 is 0 Å². The van der Waals surface area contributed by atoms with Crippen molar-refractivity contribution in [3.05, 3.63) is 53.6 Å². The van der Waals surface area contributed by atoms with E-state index < -0.39 is 23.2 Å². The number of pyridine rings is 1. The number of hydrogen-bond acceptors (Lipinski definition) is 3. The van der Waals surface area contributed by atoms with Crippen LogP contribution < -0.4 is 5.73 Å². The van der Waals surface area contributed by atoms with Crippen molar-refractivity contribution in [3.63, 3.8) is 0 Å². The van der Waals surface area contributed by atoms with Gasteiger partial charge in [-0.2, -0.15) is 0 Å². The molecule has 4 nitrogen and oxygen atoms in total. The van der Waals surface area contributed by atoms with Crippen molar-refractivity contribution >= 4 is 5.91 Å². The third-order valence-electron chi connectivity index (χ3n) is 3.29.